The highest BCUT2D eigenvalue weighted by Gasteiger charge is 2.38. The summed E-state index contributed by atoms with van der Waals surface area (Å²) in [6.07, 6.45) is 2.99. The highest BCUT2D eigenvalue weighted by Crippen LogP contribution is 2.42. The SMILES string of the molecule is Cc1cnc(C)c(NC2CC2c2ccccc2)n1. The van der Waals surface area contributed by atoms with E-state index in [1.165, 1.54) is 12.0 Å². The summed E-state index contributed by atoms with van der Waals surface area (Å²) in [6, 6.07) is 11.2. The number of rotatable bonds is 3. The van der Waals surface area contributed by atoms with E-state index in [4.69, 9.17) is 0 Å². The molecule has 0 bridgehead atoms. The van der Waals surface area contributed by atoms with Gasteiger partial charge in [0.05, 0.1) is 11.4 Å². The van der Waals surface area contributed by atoms with Gasteiger partial charge in [0.1, 0.15) is 5.82 Å². The van der Waals surface area contributed by atoms with Gasteiger partial charge in [-0.25, -0.2) is 4.98 Å². The van der Waals surface area contributed by atoms with Crippen LogP contribution in [0.25, 0.3) is 0 Å². The van der Waals surface area contributed by atoms with Crippen molar-refractivity contribution in [1.82, 2.24) is 9.97 Å². The fourth-order valence-electron chi connectivity index (χ4n) is 2.27. The average molecular weight is 239 g/mol. The van der Waals surface area contributed by atoms with Gasteiger partial charge in [-0.3, -0.25) is 4.98 Å². The molecule has 2 aromatic rings. The van der Waals surface area contributed by atoms with Gasteiger partial charge in [-0.05, 0) is 25.8 Å². The summed E-state index contributed by atoms with van der Waals surface area (Å²) in [5.74, 6) is 1.55. The quantitative estimate of drug-likeness (QED) is 0.894. The second-order valence-electron chi connectivity index (χ2n) is 4.95. The third kappa shape index (κ3) is 2.21. The van der Waals surface area contributed by atoms with Gasteiger partial charge in [0.2, 0.25) is 0 Å². The predicted molar refractivity (Wildman–Crippen MR) is 72.7 cm³/mol. The van der Waals surface area contributed by atoms with Crippen LogP contribution in [0.2, 0.25) is 0 Å². The Balaban J connectivity index is 1.71. The van der Waals surface area contributed by atoms with E-state index >= 15 is 0 Å². The lowest BCUT2D eigenvalue weighted by Gasteiger charge is -2.08. The van der Waals surface area contributed by atoms with E-state index in [2.05, 4.69) is 45.6 Å². The second-order valence-corrected chi connectivity index (χ2v) is 4.95. The minimum absolute atomic E-state index is 0.502. The maximum absolute atomic E-state index is 4.51. The lowest BCUT2D eigenvalue weighted by molar-refractivity contribution is 0.988. The molecule has 3 heteroatoms. The molecule has 0 amide bonds. The molecule has 1 aliphatic carbocycles. The van der Waals surface area contributed by atoms with Gasteiger partial charge in [0.15, 0.2) is 0 Å². The van der Waals surface area contributed by atoms with E-state index in [0.717, 1.165) is 17.2 Å². The number of aryl methyl sites for hydroxylation is 2. The van der Waals surface area contributed by atoms with E-state index in [0.29, 0.717) is 12.0 Å². The van der Waals surface area contributed by atoms with Gasteiger partial charge in [0, 0.05) is 18.2 Å². The number of hydrogen-bond acceptors (Lipinski definition) is 3. The van der Waals surface area contributed by atoms with Crippen LogP contribution in [-0.4, -0.2) is 16.0 Å². The first-order valence-corrected chi connectivity index (χ1v) is 6.36. The monoisotopic (exact) mass is 239 g/mol. The highest BCUT2D eigenvalue weighted by atomic mass is 15.1. The van der Waals surface area contributed by atoms with Crippen molar-refractivity contribution in [1.29, 1.82) is 0 Å². The van der Waals surface area contributed by atoms with Crippen LogP contribution in [0, 0.1) is 13.8 Å². The van der Waals surface area contributed by atoms with Crippen molar-refractivity contribution in [2.75, 3.05) is 5.32 Å². The standard InChI is InChI=1S/C15H17N3/c1-10-9-16-11(2)15(17-10)18-14-8-13(14)12-6-4-3-5-7-12/h3-7,9,13-14H,8H2,1-2H3,(H,17,18). The van der Waals surface area contributed by atoms with Crippen molar-refractivity contribution in [3.8, 4) is 0 Å². The van der Waals surface area contributed by atoms with Crippen LogP contribution in [0.4, 0.5) is 5.82 Å². The van der Waals surface area contributed by atoms with Crippen molar-refractivity contribution in [3.63, 3.8) is 0 Å². The second kappa shape index (κ2) is 4.41. The Kier molecular flexibility index (Phi) is 2.74. The highest BCUT2D eigenvalue weighted by molar-refractivity contribution is 5.45. The van der Waals surface area contributed by atoms with Crippen LogP contribution in [-0.2, 0) is 0 Å². The van der Waals surface area contributed by atoms with Crippen molar-refractivity contribution in [2.24, 2.45) is 0 Å². The Morgan fingerprint density at radius 3 is 2.72 bits per heavy atom. The van der Waals surface area contributed by atoms with Gasteiger partial charge in [-0.2, -0.15) is 0 Å². The zero-order chi connectivity index (χ0) is 12.5. The molecule has 0 aliphatic heterocycles. The van der Waals surface area contributed by atoms with Crippen molar-refractivity contribution >= 4 is 5.82 Å². The van der Waals surface area contributed by atoms with Gasteiger partial charge >= 0.3 is 0 Å². The fraction of sp³-hybridized carbons (Fsp3) is 0.333. The molecule has 1 aliphatic rings. The molecular formula is C15H17N3. The zero-order valence-electron chi connectivity index (χ0n) is 10.7. The van der Waals surface area contributed by atoms with E-state index in [9.17, 15) is 0 Å². The Labute approximate surface area is 107 Å². The van der Waals surface area contributed by atoms with Crippen molar-refractivity contribution in [3.05, 3.63) is 53.5 Å². The molecule has 0 saturated heterocycles. The maximum Gasteiger partial charge on any atom is 0.147 e. The fourth-order valence-corrected chi connectivity index (χ4v) is 2.27. The van der Waals surface area contributed by atoms with Crippen LogP contribution in [0.15, 0.2) is 36.5 Å². The van der Waals surface area contributed by atoms with Crippen molar-refractivity contribution < 1.29 is 0 Å². The first-order valence-electron chi connectivity index (χ1n) is 6.36. The number of aromatic nitrogens is 2. The molecule has 92 valence electrons. The topological polar surface area (TPSA) is 37.8 Å². The summed E-state index contributed by atoms with van der Waals surface area (Å²) >= 11 is 0. The Bertz CT molecular complexity index is 551. The van der Waals surface area contributed by atoms with Crippen molar-refractivity contribution in [2.45, 2.75) is 32.2 Å². The molecule has 2 atom stereocenters. The van der Waals surface area contributed by atoms with E-state index in [-0.39, 0.29) is 0 Å². The molecule has 1 aromatic carbocycles. The number of hydrogen-bond donors (Lipinski definition) is 1. The molecule has 2 unspecified atom stereocenters. The first kappa shape index (κ1) is 11.2. The third-order valence-electron chi connectivity index (χ3n) is 3.42. The molecule has 0 radical (unpaired) electrons. The minimum Gasteiger partial charge on any atom is -0.365 e. The lowest BCUT2D eigenvalue weighted by atomic mass is 10.1. The molecular weight excluding hydrogens is 222 g/mol. The Hall–Kier alpha value is -1.90. The molecule has 18 heavy (non-hydrogen) atoms. The molecule has 1 aromatic heterocycles. The lowest BCUT2D eigenvalue weighted by Crippen LogP contribution is -2.08. The summed E-state index contributed by atoms with van der Waals surface area (Å²) in [7, 11) is 0. The third-order valence-corrected chi connectivity index (χ3v) is 3.42. The molecule has 1 fully saturated rings. The smallest absolute Gasteiger partial charge is 0.147 e. The van der Waals surface area contributed by atoms with Crippen LogP contribution >= 0.6 is 0 Å². The van der Waals surface area contributed by atoms with Gasteiger partial charge < -0.3 is 5.32 Å². The molecule has 1 N–H and O–H groups in total. The summed E-state index contributed by atoms with van der Waals surface area (Å²) in [5.41, 5.74) is 3.34. The summed E-state index contributed by atoms with van der Waals surface area (Å²) in [6.45, 7) is 3.97. The number of nitrogens with zero attached hydrogens (tertiary/aromatic N) is 2. The molecule has 0 spiro atoms. The van der Waals surface area contributed by atoms with Gasteiger partial charge in [0.25, 0.3) is 0 Å². The Morgan fingerprint density at radius 1 is 1.17 bits per heavy atom. The average Bonchev–Trinajstić information content (AvgIpc) is 3.14. The normalized spacial score (nSPS) is 21.7. The summed E-state index contributed by atoms with van der Waals surface area (Å²) < 4.78 is 0. The molecule has 3 rings (SSSR count). The van der Waals surface area contributed by atoms with E-state index in [1.54, 1.807) is 0 Å². The first-order chi connectivity index (χ1) is 8.74. The molecule has 1 saturated carbocycles. The number of benzene rings is 1. The van der Waals surface area contributed by atoms with Crippen LogP contribution in [0.1, 0.15) is 29.3 Å². The maximum atomic E-state index is 4.51. The molecule has 1 heterocycles. The number of anilines is 1. The number of nitrogens with one attached hydrogen (secondary N) is 1. The van der Waals surface area contributed by atoms with Crippen LogP contribution in [0.3, 0.4) is 0 Å². The largest absolute Gasteiger partial charge is 0.365 e. The van der Waals surface area contributed by atoms with E-state index < -0.39 is 0 Å². The van der Waals surface area contributed by atoms with Crippen LogP contribution < -0.4 is 5.32 Å². The Morgan fingerprint density at radius 2 is 1.94 bits per heavy atom. The summed E-state index contributed by atoms with van der Waals surface area (Å²) in [4.78, 5) is 8.84. The van der Waals surface area contributed by atoms with Gasteiger partial charge in [-0.15, -0.1) is 0 Å². The summed E-state index contributed by atoms with van der Waals surface area (Å²) in [5, 5.41) is 3.50. The minimum atomic E-state index is 0.502. The predicted octanol–water partition coefficient (Wildman–Crippen LogP) is 3.06. The van der Waals surface area contributed by atoms with Crippen LogP contribution in [0.5, 0.6) is 0 Å². The zero-order valence-corrected chi connectivity index (χ0v) is 10.7. The molecule has 3 nitrogen and oxygen atoms in total. The van der Waals surface area contributed by atoms with E-state index in [1.807, 2.05) is 20.0 Å². The van der Waals surface area contributed by atoms with Gasteiger partial charge in [-0.1, -0.05) is 30.3 Å².